The van der Waals surface area contributed by atoms with Crippen molar-refractivity contribution in [3.63, 3.8) is 0 Å². The molecule has 7 heteroatoms. The number of nitrogens with one attached hydrogen (secondary N) is 2. The van der Waals surface area contributed by atoms with Gasteiger partial charge in [0, 0.05) is 18.3 Å². The van der Waals surface area contributed by atoms with Crippen molar-refractivity contribution in [2.45, 2.75) is 6.92 Å². The van der Waals surface area contributed by atoms with E-state index in [9.17, 15) is 9.59 Å². The van der Waals surface area contributed by atoms with Crippen molar-refractivity contribution in [3.8, 4) is 0 Å². The highest BCUT2D eigenvalue weighted by molar-refractivity contribution is 7.20. The van der Waals surface area contributed by atoms with Crippen molar-refractivity contribution in [2.24, 2.45) is 0 Å². The lowest BCUT2D eigenvalue weighted by Crippen LogP contribution is -2.11. The topological polar surface area (TPSA) is 58.2 Å². The first-order valence-electron chi connectivity index (χ1n) is 5.59. The van der Waals surface area contributed by atoms with Crippen LogP contribution in [0.3, 0.4) is 0 Å². The maximum absolute atomic E-state index is 12.0. The van der Waals surface area contributed by atoms with Gasteiger partial charge in [-0.2, -0.15) is 0 Å². The van der Waals surface area contributed by atoms with E-state index < -0.39 is 0 Å². The van der Waals surface area contributed by atoms with Crippen LogP contribution in [-0.4, -0.2) is 11.8 Å². The molecule has 2 aromatic rings. The number of carbonyl (C=O) groups is 2. The van der Waals surface area contributed by atoms with Crippen LogP contribution in [0.4, 0.5) is 11.4 Å². The second-order valence-electron chi connectivity index (χ2n) is 3.95. The van der Waals surface area contributed by atoms with Crippen molar-refractivity contribution < 1.29 is 9.59 Å². The second kappa shape index (κ2) is 6.26. The SMILES string of the molecule is CC(=O)Nc1ccc(NC(=O)c2cc(Cl)sc2Cl)cc1. The van der Waals surface area contributed by atoms with E-state index in [4.69, 9.17) is 23.2 Å². The molecule has 104 valence electrons. The summed E-state index contributed by atoms with van der Waals surface area (Å²) in [6.07, 6.45) is 0. The Hall–Kier alpha value is -1.56. The molecule has 0 spiro atoms. The van der Waals surface area contributed by atoms with Gasteiger partial charge in [0.15, 0.2) is 0 Å². The number of carbonyl (C=O) groups excluding carboxylic acids is 2. The zero-order valence-electron chi connectivity index (χ0n) is 10.4. The molecule has 0 fully saturated rings. The van der Waals surface area contributed by atoms with Gasteiger partial charge in [-0.25, -0.2) is 0 Å². The van der Waals surface area contributed by atoms with E-state index in [1.165, 1.54) is 13.0 Å². The van der Waals surface area contributed by atoms with Crippen LogP contribution in [0.5, 0.6) is 0 Å². The largest absolute Gasteiger partial charge is 0.326 e. The van der Waals surface area contributed by atoms with E-state index in [0.29, 0.717) is 25.6 Å². The molecule has 0 aliphatic rings. The Balaban J connectivity index is 2.08. The van der Waals surface area contributed by atoms with Gasteiger partial charge in [-0.05, 0) is 30.3 Å². The highest BCUT2D eigenvalue weighted by Gasteiger charge is 2.14. The number of anilines is 2. The lowest BCUT2D eigenvalue weighted by atomic mass is 10.2. The summed E-state index contributed by atoms with van der Waals surface area (Å²) < 4.78 is 0.809. The number of hydrogen-bond acceptors (Lipinski definition) is 3. The molecule has 2 rings (SSSR count). The molecule has 1 aromatic heterocycles. The number of rotatable bonds is 3. The Bertz CT molecular complexity index is 653. The Labute approximate surface area is 129 Å². The standard InChI is InChI=1S/C13H10Cl2N2O2S/c1-7(18)16-8-2-4-9(5-3-8)17-13(19)10-6-11(14)20-12(10)15/h2-6H,1H3,(H,16,18)(H,17,19). The van der Waals surface area contributed by atoms with Crippen molar-refractivity contribution >= 4 is 57.7 Å². The third-order valence-corrected chi connectivity index (χ3v) is 3.85. The molecule has 0 aliphatic heterocycles. The average molecular weight is 329 g/mol. The Morgan fingerprint density at radius 1 is 1.05 bits per heavy atom. The summed E-state index contributed by atoms with van der Waals surface area (Å²) in [6, 6.07) is 8.28. The van der Waals surface area contributed by atoms with Crippen molar-refractivity contribution in [2.75, 3.05) is 10.6 Å². The van der Waals surface area contributed by atoms with Gasteiger partial charge >= 0.3 is 0 Å². The normalized spacial score (nSPS) is 10.2. The van der Waals surface area contributed by atoms with E-state index in [1.807, 2.05) is 0 Å². The zero-order valence-corrected chi connectivity index (χ0v) is 12.7. The summed E-state index contributed by atoms with van der Waals surface area (Å²) >= 11 is 12.9. The lowest BCUT2D eigenvalue weighted by Gasteiger charge is -2.06. The highest BCUT2D eigenvalue weighted by atomic mass is 35.5. The fourth-order valence-corrected chi connectivity index (χ4v) is 2.99. The van der Waals surface area contributed by atoms with Gasteiger partial charge in [-0.3, -0.25) is 9.59 Å². The number of hydrogen-bond donors (Lipinski definition) is 2. The first-order chi connectivity index (χ1) is 9.45. The molecule has 4 nitrogen and oxygen atoms in total. The summed E-state index contributed by atoms with van der Waals surface area (Å²) in [5, 5.41) is 5.35. The molecule has 20 heavy (non-hydrogen) atoms. The quantitative estimate of drug-likeness (QED) is 0.884. The van der Waals surface area contributed by atoms with Gasteiger partial charge in [-0.15, -0.1) is 11.3 Å². The minimum atomic E-state index is -0.328. The Kier molecular flexibility index (Phi) is 4.65. The lowest BCUT2D eigenvalue weighted by molar-refractivity contribution is -0.114. The van der Waals surface area contributed by atoms with Crippen LogP contribution < -0.4 is 10.6 Å². The molecule has 0 bridgehead atoms. The summed E-state index contributed by atoms with van der Waals surface area (Å²) in [5.41, 5.74) is 1.60. The molecule has 1 aromatic carbocycles. The van der Waals surface area contributed by atoms with Crippen LogP contribution in [-0.2, 0) is 4.79 Å². The minimum absolute atomic E-state index is 0.151. The maximum atomic E-state index is 12.0. The third-order valence-electron chi connectivity index (χ3n) is 2.36. The molecule has 2 N–H and O–H groups in total. The predicted octanol–water partition coefficient (Wildman–Crippen LogP) is 4.27. The first-order valence-corrected chi connectivity index (χ1v) is 7.17. The highest BCUT2D eigenvalue weighted by Crippen LogP contribution is 2.31. The summed E-state index contributed by atoms with van der Waals surface area (Å²) in [4.78, 5) is 22.9. The number of amides is 2. The number of thiophene rings is 1. The molecule has 1 heterocycles. The molecule has 0 unspecified atom stereocenters. The van der Waals surface area contributed by atoms with Crippen molar-refractivity contribution in [1.29, 1.82) is 0 Å². The van der Waals surface area contributed by atoms with Crippen molar-refractivity contribution in [1.82, 2.24) is 0 Å². The first kappa shape index (κ1) is 14.8. The van der Waals surface area contributed by atoms with Crippen LogP contribution in [0.1, 0.15) is 17.3 Å². The molecule has 0 saturated carbocycles. The van der Waals surface area contributed by atoms with Crippen LogP contribution in [0.15, 0.2) is 30.3 Å². The molecular weight excluding hydrogens is 319 g/mol. The Morgan fingerprint density at radius 3 is 2.05 bits per heavy atom. The predicted molar refractivity (Wildman–Crippen MR) is 83.0 cm³/mol. The third kappa shape index (κ3) is 3.72. The molecule has 0 radical (unpaired) electrons. The Morgan fingerprint density at radius 2 is 1.60 bits per heavy atom. The van der Waals surface area contributed by atoms with Gasteiger partial charge in [0.25, 0.3) is 5.91 Å². The number of benzene rings is 1. The fraction of sp³-hybridized carbons (Fsp3) is 0.0769. The molecular formula is C13H10Cl2N2O2S. The fourth-order valence-electron chi connectivity index (χ4n) is 1.53. The van der Waals surface area contributed by atoms with Gasteiger partial charge in [-0.1, -0.05) is 23.2 Å². The molecule has 0 aliphatic carbocycles. The molecule has 0 saturated heterocycles. The monoisotopic (exact) mass is 328 g/mol. The van der Waals surface area contributed by atoms with Crippen LogP contribution in [0.2, 0.25) is 8.67 Å². The summed E-state index contributed by atoms with van der Waals surface area (Å²) in [6.45, 7) is 1.43. The van der Waals surface area contributed by atoms with E-state index in [-0.39, 0.29) is 11.8 Å². The van der Waals surface area contributed by atoms with Crippen LogP contribution >= 0.6 is 34.5 Å². The average Bonchev–Trinajstić information content (AvgIpc) is 2.70. The number of halogens is 2. The van der Waals surface area contributed by atoms with E-state index in [2.05, 4.69) is 10.6 Å². The van der Waals surface area contributed by atoms with Gasteiger partial charge in [0.05, 0.1) is 9.90 Å². The molecule has 0 atom stereocenters. The second-order valence-corrected chi connectivity index (χ2v) is 6.24. The van der Waals surface area contributed by atoms with Gasteiger partial charge < -0.3 is 10.6 Å². The van der Waals surface area contributed by atoms with Crippen molar-refractivity contribution in [3.05, 3.63) is 44.6 Å². The van der Waals surface area contributed by atoms with Crippen LogP contribution in [0.25, 0.3) is 0 Å². The van der Waals surface area contributed by atoms with Gasteiger partial charge in [0.1, 0.15) is 4.34 Å². The van der Waals surface area contributed by atoms with Gasteiger partial charge in [0.2, 0.25) is 5.91 Å². The van der Waals surface area contributed by atoms with E-state index in [0.717, 1.165) is 11.3 Å². The van der Waals surface area contributed by atoms with Crippen LogP contribution in [0, 0.1) is 0 Å². The van der Waals surface area contributed by atoms with E-state index in [1.54, 1.807) is 24.3 Å². The summed E-state index contributed by atoms with van der Waals surface area (Å²) in [7, 11) is 0. The summed E-state index contributed by atoms with van der Waals surface area (Å²) in [5.74, 6) is -0.480. The van der Waals surface area contributed by atoms with E-state index >= 15 is 0 Å². The smallest absolute Gasteiger partial charge is 0.258 e. The minimum Gasteiger partial charge on any atom is -0.326 e. The molecule has 2 amide bonds. The zero-order chi connectivity index (χ0) is 14.7. The maximum Gasteiger partial charge on any atom is 0.258 e.